The summed E-state index contributed by atoms with van der Waals surface area (Å²) < 4.78 is 1.55. The van der Waals surface area contributed by atoms with Crippen molar-refractivity contribution in [3.05, 3.63) is 41.6 Å². The second-order valence-corrected chi connectivity index (χ2v) is 7.77. The normalized spacial score (nSPS) is 15.0. The Labute approximate surface area is 167 Å². The zero-order valence-electron chi connectivity index (χ0n) is 15.1. The molecule has 7 nitrogen and oxygen atoms in total. The lowest BCUT2D eigenvalue weighted by atomic mass is 10.3. The molecule has 1 aromatic carbocycles. The molecule has 0 aliphatic carbocycles. The average molecular weight is 408 g/mol. The fourth-order valence-electron chi connectivity index (χ4n) is 2.69. The molecule has 0 atom stereocenters. The minimum atomic E-state index is -0.171. The summed E-state index contributed by atoms with van der Waals surface area (Å²) in [7, 11) is 2.05. The first-order chi connectivity index (χ1) is 13.0. The van der Waals surface area contributed by atoms with E-state index in [1.807, 2.05) is 30.1 Å². The van der Waals surface area contributed by atoms with Crippen molar-refractivity contribution in [1.29, 1.82) is 0 Å². The molecule has 2 heterocycles. The molecular formula is C18H22ClN5O2S. The van der Waals surface area contributed by atoms with Crippen LogP contribution < -0.4 is 5.32 Å². The Morgan fingerprint density at radius 3 is 2.67 bits per heavy atom. The van der Waals surface area contributed by atoms with E-state index >= 15 is 0 Å². The summed E-state index contributed by atoms with van der Waals surface area (Å²) >= 11 is 7.45. The fourth-order valence-corrected chi connectivity index (χ4v) is 3.73. The molecule has 1 saturated heterocycles. The van der Waals surface area contributed by atoms with E-state index in [-0.39, 0.29) is 24.1 Å². The van der Waals surface area contributed by atoms with Crippen LogP contribution in [-0.4, -0.2) is 70.4 Å². The van der Waals surface area contributed by atoms with Crippen LogP contribution in [0.25, 0.3) is 0 Å². The van der Waals surface area contributed by atoms with Crippen LogP contribution in [0.1, 0.15) is 0 Å². The number of benzene rings is 1. The van der Waals surface area contributed by atoms with Crippen LogP contribution in [0.15, 0.2) is 41.4 Å². The highest BCUT2D eigenvalue weighted by Gasteiger charge is 2.19. The van der Waals surface area contributed by atoms with Gasteiger partial charge in [0.05, 0.1) is 10.8 Å². The number of halogens is 1. The number of rotatable bonds is 6. The van der Waals surface area contributed by atoms with E-state index in [0.717, 1.165) is 31.1 Å². The van der Waals surface area contributed by atoms with Gasteiger partial charge in [0.1, 0.15) is 6.54 Å². The molecule has 1 aromatic heterocycles. The van der Waals surface area contributed by atoms with Gasteiger partial charge in [-0.15, -0.1) is 11.8 Å². The standard InChI is InChI=1S/C18H22ClN5O2S/c1-22-8-10-23(11-9-22)18(26)12-24-7-6-16(21-24)20-17(25)13-27-15-5-3-2-4-14(15)19/h2-7H,8-13H2,1H3,(H,20,21,25). The number of likely N-dealkylation sites (N-methyl/N-ethyl adjacent to an activating group) is 1. The van der Waals surface area contributed by atoms with Gasteiger partial charge < -0.3 is 15.1 Å². The summed E-state index contributed by atoms with van der Waals surface area (Å²) in [4.78, 5) is 29.3. The van der Waals surface area contributed by atoms with Gasteiger partial charge in [0, 0.05) is 43.3 Å². The molecule has 1 N–H and O–H groups in total. The van der Waals surface area contributed by atoms with E-state index in [9.17, 15) is 9.59 Å². The summed E-state index contributed by atoms with van der Waals surface area (Å²) in [5.74, 6) is 0.538. The Morgan fingerprint density at radius 2 is 1.93 bits per heavy atom. The Balaban J connectivity index is 1.46. The SMILES string of the molecule is CN1CCN(C(=O)Cn2ccc(NC(=O)CSc3ccccc3Cl)n2)CC1. The third-order valence-electron chi connectivity index (χ3n) is 4.26. The van der Waals surface area contributed by atoms with E-state index in [1.165, 1.54) is 11.8 Å². The van der Waals surface area contributed by atoms with Gasteiger partial charge in [-0.3, -0.25) is 14.3 Å². The third kappa shape index (κ3) is 5.72. The number of amides is 2. The first-order valence-corrected chi connectivity index (χ1v) is 10.0. The molecule has 0 unspecified atom stereocenters. The maximum atomic E-state index is 12.3. The fraction of sp³-hybridized carbons (Fsp3) is 0.389. The molecule has 0 bridgehead atoms. The van der Waals surface area contributed by atoms with E-state index in [0.29, 0.717) is 10.8 Å². The first kappa shape index (κ1) is 19.7. The van der Waals surface area contributed by atoms with Gasteiger partial charge in [0.15, 0.2) is 5.82 Å². The summed E-state index contributed by atoms with van der Waals surface area (Å²) in [6.07, 6.45) is 1.70. The van der Waals surface area contributed by atoms with Gasteiger partial charge in [-0.25, -0.2) is 0 Å². The molecule has 0 radical (unpaired) electrons. The number of nitrogens with one attached hydrogen (secondary N) is 1. The maximum absolute atomic E-state index is 12.3. The van der Waals surface area contributed by atoms with Crippen molar-refractivity contribution < 1.29 is 9.59 Å². The van der Waals surface area contributed by atoms with Crippen molar-refractivity contribution in [2.75, 3.05) is 44.3 Å². The summed E-state index contributed by atoms with van der Waals surface area (Å²) in [5.41, 5.74) is 0. The Bertz CT molecular complexity index is 805. The topological polar surface area (TPSA) is 70.5 Å². The molecule has 3 rings (SSSR count). The van der Waals surface area contributed by atoms with Crippen molar-refractivity contribution in [1.82, 2.24) is 19.6 Å². The van der Waals surface area contributed by atoms with Crippen molar-refractivity contribution in [2.24, 2.45) is 0 Å². The second kappa shape index (κ2) is 9.25. The molecule has 1 aliphatic heterocycles. The Hall–Kier alpha value is -2.03. The third-order valence-corrected chi connectivity index (χ3v) is 5.77. The minimum absolute atomic E-state index is 0.0401. The van der Waals surface area contributed by atoms with Crippen molar-refractivity contribution in [3.8, 4) is 0 Å². The van der Waals surface area contributed by atoms with Gasteiger partial charge in [0.2, 0.25) is 11.8 Å². The van der Waals surface area contributed by atoms with Crippen LogP contribution in [0.3, 0.4) is 0 Å². The molecule has 1 aliphatic rings. The van der Waals surface area contributed by atoms with E-state index < -0.39 is 0 Å². The molecular weight excluding hydrogens is 386 g/mol. The Morgan fingerprint density at radius 1 is 1.19 bits per heavy atom. The van der Waals surface area contributed by atoms with Crippen LogP contribution >= 0.6 is 23.4 Å². The number of hydrogen-bond donors (Lipinski definition) is 1. The maximum Gasteiger partial charge on any atom is 0.244 e. The highest BCUT2D eigenvalue weighted by atomic mass is 35.5. The Kier molecular flexibility index (Phi) is 6.76. The number of anilines is 1. The lowest BCUT2D eigenvalue weighted by Crippen LogP contribution is -2.48. The monoisotopic (exact) mass is 407 g/mol. The summed E-state index contributed by atoms with van der Waals surface area (Å²) in [6.45, 7) is 3.41. The van der Waals surface area contributed by atoms with Crippen LogP contribution in [0.2, 0.25) is 5.02 Å². The molecule has 0 spiro atoms. The number of thioether (sulfide) groups is 1. The van der Waals surface area contributed by atoms with Crippen molar-refractivity contribution >= 4 is 41.0 Å². The highest BCUT2D eigenvalue weighted by molar-refractivity contribution is 8.00. The lowest BCUT2D eigenvalue weighted by Gasteiger charge is -2.32. The van der Waals surface area contributed by atoms with Crippen molar-refractivity contribution in [2.45, 2.75) is 11.4 Å². The van der Waals surface area contributed by atoms with E-state index in [1.54, 1.807) is 23.0 Å². The predicted octanol–water partition coefficient (Wildman–Crippen LogP) is 2.04. The summed E-state index contributed by atoms with van der Waals surface area (Å²) in [5, 5.41) is 7.64. The predicted molar refractivity (Wildman–Crippen MR) is 107 cm³/mol. The highest BCUT2D eigenvalue weighted by Crippen LogP contribution is 2.26. The molecule has 2 aromatic rings. The van der Waals surface area contributed by atoms with Gasteiger partial charge in [-0.1, -0.05) is 23.7 Å². The lowest BCUT2D eigenvalue weighted by molar-refractivity contribution is -0.133. The van der Waals surface area contributed by atoms with E-state index in [2.05, 4.69) is 15.3 Å². The zero-order valence-corrected chi connectivity index (χ0v) is 16.7. The first-order valence-electron chi connectivity index (χ1n) is 8.68. The number of hydrogen-bond acceptors (Lipinski definition) is 5. The molecule has 1 fully saturated rings. The van der Waals surface area contributed by atoms with Gasteiger partial charge in [0.25, 0.3) is 0 Å². The quantitative estimate of drug-likeness (QED) is 0.742. The largest absolute Gasteiger partial charge is 0.339 e. The van der Waals surface area contributed by atoms with Crippen LogP contribution in [0.4, 0.5) is 5.82 Å². The van der Waals surface area contributed by atoms with Crippen molar-refractivity contribution in [3.63, 3.8) is 0 Å². The number of piperazine rings is 1. The molecule has 27 heavy (non-hydrogen) atoms. The molecule has 2 amide bonds. The van der Waals surface area contributed by atoms with Crippen LogP contribution in [0.5, 0.6) is 0 Å². The number of carbonyl (C=O) groups is 2. The zero-order chi connectivity index (χ0) is 19.2. The number of aromatic nitrogens is 2. The molecule has 144 valence electrons. The average Bonchev–Trinajstić information content (AvgIpc) is 3.08. The minimum Gasteiger partial charge on any atom is -0.339 e. The summed E-state index contributed by atoms with van der Waals surface area (Å²) in [6, 6.07) is 9.09. The second-order valence-electron chi connectivity index (χ2n) is 6.35. The molecule has 0 saturated carbocycles. The molecule has 9 heteroatoms. The van der Waals surface area contributed by atoms with Gasteiger partial charge in [-0.2, -0.15) is 5.10 Å². The van der Waals surface area contributed by atoms with Gasteiger partial charge in [-0.05, 0) is 19.2 Å². The van der Waals surface area contributed by atoms with E-state index in [4.69, 9.17) is 11.6 Å². The van der Waals surface area contributed by atoms with Crippen LogP contribution in [-0.2, 0) is 16.1 Å². The number of carbonyl (C=O) groups excluding carboxylic acids is 2. The smallest absolute Gasteiger partial charge is 0.244 e. The van der Waals surface area contributed by atoms with Gasteiger partial charge >= 0.3 is 0 Å². The number of nitrogens with zero attached hydrogens (tertiary/aromatic N) is 4. The van der Waals surface area contributed by atoms with Crippen LogP contribution in [0, 0.1) is 0 Å².